The summed E-state index contributed by atoms with van der Waals surface area (Å²) in [6.07, 6.45) is 0. The average molecular weight is 290 g/mol. The van der Waals surface area contributed by atoms with Crippen molar-refractivity contribution >= 4 is 16.8 Å². The van der Waals surface area contributed by atoms with E-state index >= 15 is 0 Å². The summed E-state index contributed by atoms with van der Waals surface area (Å²) < 4.78 is 2.90. The second-order valence-electron chi connectivity index (χ2n) is 5.16. The van der Waals surface area contributed by atoms with Crippen molar-refractivity contribution in [2.75, 3.05) is 19.6 Å². The molecule has 0 aromatic carbocycles. The molecule has 0 spiro atoms. The molecule has 110 valence electrons. The molecular weight excluding hydrogens is 254 g/mol. The zero-order valence-electron chi connectivity index (χ0n) is 13.7. The lowest BCUT2D eigenvalue weighted by atomic mass is 10.8. The monoisotopic (exact) mass is 289 g/mol. The highest BCUT2D eigenvalue weighted by atomic mass is 28.4. The van der Waals surface area contributed by atoms with Crippen LogP contribution in [-0.2, 0) is 0 Å². The molecule has 0 radical (unpaired) electrons. The third-order valence-corrected chi connectivity index (χ3v) is 16.1. The quantitative estimate of drug-likeness (QED) is 0.605. The first-order valence-corrected chi connectivity index (χ1v) is 12.8. The lowest BCUT2D eigenvalue weighted by Crippen LogP contribution is -2.77. The summed E-state index contributed by atoms with van der Waals surface area (Å²) >= 11 is 0. The van der Waals surface area contributed by atoms with Crippen LogP contribution in [0.2, 0.25) is 24.7 Å². The number of hydrogen-bond donors (Lipinski definition) is 2. The fourth-order valence-corrected chi connectivity index (χ4v) is 14.9. The lowest BCUT2D eigenvalue weighted by molar-refractivity contribution is 0.571. The highest BCUT2D eigenvalue weighted by Crippen LogP contribution is 2.27. The van der Waals surface area contributed by atoms with E-state index in [9.17, 15) is 0 Å². The minimum Gasteiger partial charge on any atom is -0.321 e. The van der Waals surface area contributed by atoms with Crippen molar-refractivity contribution in [3.63, 3.8) is 0 Å². The van der Waals surface area contributed by atoms with Gasteiger partial charge in [0.15, 0.2) is 0 Å². The highest BCUT2D eigenvalue weighted by molar-refractivity contribution is 6.90. The maximum atomic E-state index is 3.81. The molecule has 5 heteroatoms. The third-order valence-electron chi connectivity index (χ3n) is 4.44. The van der Waals surface area contributed by atoms with Crippen LogP contribution < -0.4 is 9.96 Å². The zero-order valence-corrected chi connectivity index (χ0v) is 15.7. The first-order chi connectivity index (χ1) is 8.50. The number of nitrogens with one attached hydrogen (secondary N) is 2. The molecule has 0 aliphatic heterocycles. The molecule has 0 unspecified atom stereocenters. The number of nitrogens with zero attached hydrogens (tertiary/aromatic N) is 1. The highest BCUT2D eigenvalue weighted by Gasteiger charge is 2.45. The average Bonchev–Trinajstić information content (AvgIpc) is 2.36. The van der Waals surface area contributed by atoms with Gasteiger partial charge < -0.3 is 14.2 Å². The van der Waals surface area contributed by atoms with Gasteiger partial charge in [0.2, 0.25) is 0 Å². The molecule has 0 aromatic rings. The molecule has 3 nitrogen and oxygen atoms in total. The predicted molar refractivity (Wildman–Crippen MR) is 88.5 cm³/mol. The van der Waals surface area contributed by atoms with Gasteiger partial charge in [-0.1, -0.05) is 41.5 Å². The molecule has 18 heavy (non-hydrogen) atoms. The summed E-state index contributed by atoms with van der Waals surface area (Å²) in [7, 11) is -2.97. The molecule has 0 amide bonds. The van der Waals surface area contributed by atoms with E-state index in [4.69, 9.17) is 0 Å². The fourth-order valence-electron chi connectivity index (χ4n) is 3.39. The largest absolute Gasteiger partial charge is 0.321 e. The van der Waals surface area contributed by atoms with Crippen LogP contribution in [0.15, 0.2) is 0 Å². The molecule has 0 aliphatic carbocycles. The Bertz CT molecular complexity index is 206. The predicted octanol–water partition coefficient (Wildman–Crippen LogP) is 3.10. The summed E-state index contributed by atoms with van der Waals surface area (Å²) in [4.78, 5) is 7.62. The summed E-state index contributed by atoms with van der Waals surface area (Å²) in [5, 5.41) is 0. The Balaban J connectivity index is 5.32. The van der Waals surface area contributed by atoms with Gasteiger partial charge in [0.05, 0.1) is 0 Å². The van der Waals surface area contributed by atoms with Crippen LogP contribution in [0.4, 0.5) is 0 Å². The number of hydrogen-bond acceptors (Lipinski definition) is 3. The molecule has 0 aromatic heterocycles. The second kappa shape index (κ2) is 8.48. The van der Waals surface area contributed by atoms with Crippen molar-refractivity contribution < 1.29 is 0 Å². The molecule has 2 N–H and O–H groups in total. The van der Waals surface area contributed by atoms with Gasteiger partial charge in [-0.2, -0.15) is 0 Å². The van der Waals surface area contributed by atoms with Crippen LogP contribution in [0, 0.1) is 0 Å². The van der Waals surface area contributed by atoms with Crippen LogP contribution in [0.25, 0.3) is 0 Å². The summed E-state index contributed by atoms with van der Waals surface area (Å²) in [5.74, 6) is 0. The molecule has 0 aliphatic rings. The van der Waals surface area contributed by atoms with Crippen molar-refractivity contribution in [1.29, 1.82) is 0 Å². The van der Waals surface area contributed by atoms with Gasteiger partial charge in [-0.3, -0.25) is 0 Å². The Morgan fingerprint density at radius 1 is 0.778 bits per heavy atom. The van der Waals surface area contributed by atoms with Gasteiger partial charge in [0, 0.05) is 0 Å². The standard InChI is InChI=1S/C13H35N3Si2/c1-8-14-17(7,15-9-2)16(10-3)18(11-4,12-5)13-6/h14-15H,8-13H2,1-7H3. The number of rotatable bonds is 10. The van der Waals surface area contributed by atoms with Crippen LogP contribution in [0.3, 0.4) is 0 Å². The Morgan fingerprint density at radius 2 is 1.17 bits per heavy atom. The van der Waals surface area contributed by atoms with Crippen molar-refractivity contribution in [2.45, 2.75) is 66.2 Å². The van der Waals surface area contributed by atoms with Crippen LogP contribution in [0.1, 0.15) is 41.5 Å². The summed E-state index contributed by atoms with van der Waals surface area (Å²) in [6.45, 7) is 19.7. The zero-order chi connectivity index (χ0) is 14.2. The topological polar surface area (TPSA) is 27.3 Å². The third kappa shape index (κ3) is 3.90. The minimum atomic E-state index is -1.68. The second-order valence-corrected chi connectivity index (χ2v) is 14.1. The van der Waals surface area contributed by atoms with E-state index in [1.807, 2.05) is 0 Å². The van der Waals surface area contributed by atoms with Gasteiger partial charge in [-0.25, -0.2) is 0 Å². The van der Waals surface area contributed by atoms with Crippen LogP contribution in [0.5, 0.6) is 0 Å². The van der Waals surface area contributed by atoms with Gasteiger partial charge in [-0.05, 0) is 44.3 Å². The normalized spacial score (nSPS) is 13.3. The first-order valence-electron chi connectivity index (χ1n) is 7.77. The Kier molecular flexibility index (Phi) is 8.63. The summed E-state index contributed by atoms with van der Waals surface area (Å²) in [5.41, 5.74) is 0. The molecule has 0 fully saturated rings. The Morgan fingerprint density at radius 3 is 1.39 bits per heavy atom. The minimum absolute atomic E-state index is 1.06. The van der Waals surface area contributed by atoms with Gasteiger partial charge in [-0.15, -0.1) is 0 Å². The smallest absolute Gasteiger partial charge is 0.274 e. The van der Waals surface area contributed by atoms with Gasteiger partial charge >= 0.3 is 0 Å². The van der Waals surface area contributed by atoms with E-state index in [-0.39, 0.29) is 0 Å². The Hall–Kier alpha value is 0.314. The maximum Gasteiger partial charge on any atom is 0.274 e. The Labute approximate surface area is 117 Å². The molecule has 0 rings (SSSR count). The van der Waals surface area contributed by atoms with Gasteiger partial charge in [0.25, 0.3) is 8.56 Å². The molecule has 0 heterocycles. The van der Waals surface area contributed by atoms with Gasteiger partial charge in [0.1, 0.15) is 8.24 Å². The van der Waals surface area contributed by atoms with Crippen molar-refractivity contribution in [1.82, 2.24) is 14.2 Å². The van der Waals surface area contributed by atoms with E-state index in [0.717, 1.165) is 13.1 Å². The van der Waals surface area contributed by atoms with Crippen molar-refractivity contribution in [2.24, 2.45) is 0 Å². The van der Waals surface area contributed by atoms with Crippen LogP contribution >= 0.6 is 0 Å². The van der Waals surface area contributed by atoms with E-state index in [2.05, 4.69) is 62.3 Å². The maximum absolute atomic E-state index is 3.81. The molecule has 0 bridgehead atoms. The molecule has 0 saturated carbocycles. The van der Waals surface area contributed by atoms with E-state index in [1.54, 1.807) is 0 Å². The van der Waals surface area contributed by atoms with E-state index in [0.29, 0.717) is 0 Å². The van der Waals surface area contributed by atoms with Crippen LogP contribution in [-0.4, -0.2) is 40.7 Å². The van der Waals surface area contributed by atoms with Crippen molar-refractivity contribution in [3.8, 4) is 0 Å². The summed E-state index contributed by atoms with van der Waals surface area (Å²) in [6, 6.07) is 4.10. The van der Waals surface area contributed by atoms with Crippen molar-refractivity contribution in [3.05, 3.63) is 0 Å². The molecular formula is C13H35N3Si2. The first kappa shape index (κ1) is 18.3. The molecule has 0 saturated heterocycles. The van der Waals surface area contributed by atoms with E-state index in [1.165, 1.54) is 24.7 Å². The van der Waals surface area contributed by atoms with E-state index < -0.39 is 16.8 Å². The fraction of sp³-hybridized carbons (Fsp3) is 1.00. The molecule has 0 atom stereocenters. The SMILES string of the molecule is CCN[Si](C)(NCC)N(CC)[Si](CC)(CC)CC. The lowest BCUT2D eigenvalue weighted by Gasteiger charge is -2.50.